The number of nitrogens with zero attached hydrogens (tertiary/aromatic N) is 3. The lowest BCUT2D eigenvalue weighted by molar-refractivity contribution is 0.0542. The van der Waals surface area contributed by atoms with Crippen LogP contribution < -0.4 is 5.32 Å². The molecule has 29 heavy (non-hydrogen) atoms. The Morgan fingerprint density at radius 2 is 2.10 bits per heavy atom. The van der Waals surface area contributed by atoms with Gasteiger partial charge in [0.25, 0.3) is 11.8 Å². The van der Waals surface area contributed by atoms with E-state index in [-0.39, 0.29) is 23.5 Å². The molecule has 0 aliphatic carbocycles. The Morgan fingerprint density at radius 3 is 2.76 bits per heavy atom. The molecule has 1 aliphatic rings. The maximum absolute atomic E-state index is 13.9. The molecule has 0 saturated carbocycles. The highest BCUT2D eigenvalue weighted by Gasteiger charge is 2.26. The molecule has 2 aromatic rings. The molecule has 156 valence electrons. The van der Waals surface area contributed by atoms with Gasteiger partial charge in [0.2, 0.25) is 0 Å². The van der Waals surface area contributed by atoms with Crippen molar-refractivity contribution in [1.29, 1.82) is 0 Å². The van der Waals surface area contributed by atoms with Crippen LogP contribution in [-0.2, 0) is 0 Å². The van der Waals surface area contributed by atoms with Crippen molar-refractivity contribution in [3.8, 4) is 0 Å². The van der Waals surface area contributed by atoms with Crippen LogP contribution >= 0.6 is 11.3 Å². The van der Waals surface area contributed by atoms with Crippen LogP contribution in [0.3, 0.4) is 0 Å². The van der Waals surface area contributed by atoms with Crippen molar-refractivity contribution < 1.29 is 19.1 Å². The summed E-state index contributed by atoms with van der Waals surface area (Å²) in [6, 6.07) is 0.906. The smallest absolute Gasteiger partial charge is 0.273 e. The second-order valence-corrected chi connectivity index (χ2v) is 8.50. The third kappa shape index (κ3) is 5.36. The summed E-state index contributed by atoms with van der Waals surface area (Å²) in [5.41, 5.74) is 0.257. The fourth-order valence-corrected chi connectivity index (χ4v) is 4.12. The lowest BCUT2D eigenvalue weighted by Gasteiger charge is -2.29. The molecule has 2 N–H and O–H groups in total. The molecule has 1 saturated heterocycles. The summed E-state index contributed by atoms with van der Waals surface area (Å²) in [5.74, 6) is -1.14. The zero-order valence-electron chi connectivity index (χ0n) is 16.5. The second kappa shape index (κ2) is 9.41. The van der Waals surface area contributed by atoms with Gasteiger partial charge >= 0.3 is 0 Å². The number of carbonyl (C=O) groups excluding carboxylic acids is 2. The number of hydrogen-bond donors (Lipinski definition) is 2. The van der Waals surface area contributed by atoms with Gasteiger partial charge in [-0.1, -0.05) is 13.8 Å². The summed E-state index contributed by atoms with van der Waals surface area (Å²) < 4.78 is 13.9. The van der Waals surface area contributed by atoms with Gasteiger partial charge in [-0.15, -0.1) is 11.3 Å². The quantitative estimate of drug-likeness (QED) is 0.749. The first-order chi connectivity index (χ1) is 13.8. The molecule has 0 aromatic carbocycles. The molecule has 0 spiro atoms. The molecule has 1 fully saturated rings. The van der Waals surface area contributed by atoms with E-state index >= 15 is 0 Å². The third-order valence-electron chi connectivity index (χ3n) is 4.82. The van der Waals surface area contributed by atoms with Crippen LogP contribution in [0, 0.1) is 11.7 Å². The highest BCUT2D eigenvalue weighted by Crippen LogP contribution is 2.26. The fourth-order valence-electron chi connectivity index (χ4n) is 3.27. The minimum absolute atomic E-state index is 0.0755. The Kier molecular flexibility index (Phi) is 6.92. The average molecular weight is 421 g/mol. The molecule has 3 rings (SSSR count). The van der Waals surface area contributed by atoms with Crippen molar-refractivity contribution >= 4 is 23.2 Å². The molecule has 1 atom stereocenters. The summed E-state index contributed by atoms with van der Waals surface area (Å²) in [5, 5.41) is 14.8. The second-order valence-electron chi connectivity index (χ2n) is 7.61. The molecular weight excluding hydrogens is 395 g/mol. The standard InChI is InChI=1S/C20H25FN4O3S/c1-12(2)9-16(23-18(27)14-3-6-22-10-15(14)21)19-24-17(11-29-19)20(28)25-7-4-13(26)5-8-25/h3,6,10-13,16,26H,4-5,7-9H2,1-2H3,(H,23,27)/t16-/m0/s1. The highest BCUT2D eigenvalue weighted by molar-refractivity contribution is 7.09. The fraction of sp³-hybridized carbons (Fsp3) is 0.500. The van der Waals surface area contributed by atoms with Crippen LogP contribution in [0.1, 0.15) is 65.0 Å². The van der Waals surface area contributed by atoms with E-state index in [1.807, 2.05) is 13.8 Å². The third-order valence-corrected chi connectivity index (χ3v) is 5.78. The van der Waals surface area contributed by atoms with Crippen LogP contribution in [0.4, 0.5) is 4.39 Å². The van der Waals surface area contributed by atoms with Gasteiger partial charge in [-0.05, 0) is 31.2 Å². The van der Waals surface area contributed by atoms with E-state index in [9.17, 15) is 19.1 Å². The van der Waals surface area contributed by atoms with Gasteiger partial charge in [0.15, 0.2) is 5.82 Å². The van der Waals surface area contributed by atoms with Crippen molar-refractivity contribution in [2.45, 2.75) is 45.3 Å². The van der Waals surface area contributed by atoms with E-state index in [1.54, 1.807) is 10.3 Å². The summed E-state index contributed by atoms with van der Waals surface area (Å²) >= 11 is 1.31. The number of thiazole rings is 1. The number of likely N-dealkylation sites (tertiary alicyclic amines) is 1. The van der Waals surface area contributed by atoms with E-state index in [2.05, 4.69) is 15.3 Å². The van der Waals surface area contributed by atoms with Crippen LogP contribution in [0.25, 0.3) is 0 Å². The van der Waals surface area contributed by atoms with Gasteiger partial charge in [0.1, 0.15) is 10.7 Å². The molecule has 2 amide bonds. The normalized spacial score (nSPS) is 16.1. The number of aliphatic hydroxyl groups excluding tert-OH is 1. The van der Waals surface area contributed by atoms with Crippen LogP contribution in [0.5, 0.6) is 0 Å². The van der Waals surface area contributed by atoms with Crippen LogP contribution in [0.2, 0.25) is 0 Å². The molecule has 3 heterocycles. The Bertz CT molecular complexity index is 865. The molecule has 2 aromatic heterocycles. The van der Waals surface area contributed by atoms with Gasteiger partial charge in [-0.2, -0.15) is 0 Å². The average Bonchev–Trinajstić information content (AvgIpc) is 3.17. The maximum Gasteiger partial charge on any atom is 0.273 e. The molecule has 9 heteroatoms. The zero-order chi connectivity index (χ0) is 21.0. The minimum atomic E-state index is -0.685. The van der Waals surface area contributed by atoms with E-state index in [0.717, 1.165) is 6.20 Å². The molecule has 0 unspecified atom stereocenters. The summed E-state index contributed by atoms with van der Waals surface area (Å²) in [7, 11) is 0. The maximum atomic E-state index is 13.9. The van der Waals surface area contributed by atoms with Gasteiger partial charge in [0.05, 0.1) is 23.9 Å². The lowest BCUT2D eigenvalue weighted by atomic mass is 10.0. The van der Waals surface area contributed by atoms with Crippen molar-refractivity contribution in [2.75, 3.05) is 13.1 Å². The summed E-state index contributed by atoms with van der Waals surface area (Å²) in [6.07, 6.45) is 3.74. The number of rotatable bonds is 6. The Morgan fingerprint density at radius 1 is 1.38 bits per heavy atom. The van der Waals surface area contributed by atoms with E-state index < -0.39 is 17.8 Å². The number of piperidine rings is 1. The number of pyridine rings is 1. The van der Waals surface area contributed by atoms with Crippen molar-refractivity contribution in [1.82, 2.24) is 20.2 Å². The van der Waals surface area contributed by atoms with Gasteiger partial charge in [-0.3, -0.25) is 14.6 Å². The molecular formula is C20H25FN4O3S. The first-order valence-electron chi connectivity index (χ1n) is 9.68. The van der Waals surface area contributed by atoms with E-state index in [1.165, 1.54) is 23.6 Å². The first kappa shape index (κ1) is 21.3. The van der Waals surface area contributed by atoms with Crippen molar-refractivity contribution in [2.24, 2.45) is 5.92 Å². The predicted molar refractivity (Wildman–Crippen MR) is 107 cm³/mol. The Labute approximate surface area is 173 Å². The zero-order valence-corrected chi connectivity index (χ0v) is 17.3. The highest BCUT2D eigenvalue weighted by atomic mass is 32.1. The van der Waals surface area contributed by atoms with Gasteiger partial charge in [0, 0.05) is 24.7 Å². The molecule has 1 aliphatic heterocycles. The number of nitrogens with one attached hydrogen (secondary N) is 1. The van der Waals surface area contributed by atoms with Crippen molar-refractivity contribution in [3.05, 3.63) is 45.9 Å². The molecule has 0 bridgehead atoms. The topological polar surface area (TPSA) is 95.4 Å². The number of halogens is 1. The number of aromatic nitrogens is 2. The largest absolute Gasteiger partial charge is 0.393 e. The molecule has 0 radical (unpaired) electrons. The van der Waals surface area contributed by atoms with Gasteiger partial charge in [-0.25, -0.2) is 9.37 Å². The van der Waals surface area contributed by atoms with E-state index in [4.69, 9.17) is 0 Å². The SMILES string of the molecule is CC(C)C[C@H](NC(=O)c1ccncc1F)c1nc(C(=O)N2CCC(O)CC2)cs1. The number of aliphatic hydroxyl groups is 1. The van der Waals surface area contributed by atoms with E-state index in [0.29, 0.717) is 43.1 Å². The monoisotopic (exact) mass is 420 g/mol. The summed E-state index contributed by atoms with van der Waals surface area (Å²) in [4.78, 5) is 35.1. The Hall–Kier alpha value is -2.39. The van der Waals surface area contributed by atoms with Crippen LogP contribution in [0.15, 0.2) is 23.8 Å². The summed E-state index contributed by atoms with van der Waals surface area (Å²) in [6.45, 7) is 5.04. The number of hydrogen-bond acceptors (Lipinski definition) is 6. The molecule has 7 nitrogen and oxygen atoms in total. The van der Waals surface area contributed by atoms with Crippen LogP contribution in [-0.4, -0.2) is 51.0 Å². The van der Waals surface area contributed by atoms with Crippen molar-refractivity contribution in [3.63, 3.8) is 0 Å². The first-order valence-corrected chi connectivity index (χ1v) is 10.6. The predicted octanol–water partition coefficient (Wildman–Crippen LogP) is 2.79. The lowest BCUT2D eigenvalue weighted by Crippen LogP contribution is -2.40. The number of carbonyl (C=O) groups is 2. The number of amides is 2. The Balaban J connectivity index is 1.75. The van der Waals surface area contributed by atoms with Gasteiger partial charge < -0.3 is 15.3 Å². The minimum Gasteiger partial charge on any atom is -0.393 e.